The highest BCUT2D eigenvalue weighted by molar-refractivity contribution is 5.96. The van der Waals surface area contributed by atoms with E-state index in [1.54, 1.807) is 0 Å². The van der Waals surface area contributed by atoms with Gasteiger partial charge in [0.15, 0.2) is 0 Å². The second-order valence-corrected chi connectivity index (χ2v) is 4.92. The van der Waals surface area contributed by atoms with Gasteiger partial charge in [-0.3, -0.25) is 4.79 Å². The van der Waals surface area contributed by atoms with Crippen molar-refractivity contribution < 1.29 is 15.0 Å². The van der Waals surface area contributed by atoms with Crippen LogP contribution < -0.4 is 5.32 Å². The molecule has 4 heteroatoms. The molecule has 1 aromatic rings. The average Bonchev–Trinajstić information content (AvgIpc) is 2.37. The predicted molar refractivity (Wildman–Crippen MR) is 68.7 cm³/mol. The van der Waals surface area contributed by atoms with Crippen LogP contribution in [0.25, 0.3) is 0 Å². The molecule has 0 radical (unpaired) electrons. The van der Waals surface area contributed by atoms with Crippen LogP contribution in [0, 0.1) is 5.92 Å². The van der Waals surface area contributed by atoms with Gasteiger partial charge in [-0.05, 0) is 30.9 Å². The molecule has 0 aromatic heterocycles. The summed E-state index contributed by atoms with van der Waals surface area (Å²) in [4.78, 5) is 11.9. The van der Waals surface area contributed by atoms with E-state index in [4.69, 9.17) is 5.11 Å². The van der Waals surface area contributed by atoms with Crippen LogP contribution in [0.1, 0.15) is 42.5 Å². The smallest absolute Gasteiger partial charge is 0.255 e. The maximum Gasteiger partial charge on any atom is 0.255 e. The summed E-state index contributed by atoms with van der Waals surface area (Å²) in [5.41, 5.74) is 0.212. The molecular weight excluding hydrogens is 230 g/mol. The molecule has 4 nitrogen and oxygen atoms in total. The number of nitrogens with one attached hydrogen (secondary N) is 1. The number of hydrogen-bond donors (Lipinski definition) is 3. The zero-order valence-electron chi connectivity index (χ0n) is 10.4. The van der Waals surface area contributed by atoms with Crippen molar-refractivity contribution in [2.24, 2.45) is 5.92 Å². The Morgan fingerprint density at radius 1 is 1.22 bits per heavy atom. The molecule has 0 unspecified atom stereocenters. The van der Waals surface area contributed by atoms with Gasteiger partial charge in [0.25, 0.3) is 5.91 Å². The highest BCUT2D eigenvalue weighted by Crippen LogP contribution is 2.24. The van der Waals surface area contributed by atoms with Gasteiger partial charge >= 0.3 is 0 Å². The number of amides is 1. The van der Waals surface area contributed by atoms with Crippen molar-refractivity contribution in [3.8, 4) is 11.5 Å². The van der Waals surface area contributed by atoms with Gasteiger partial charge in [0, 0.05) is 12.6 Å². The maximum atomic E-state index is 11.9. The van der Waals surface area contributed by atoms with E-state index in [-0.39, 0.29) is 23.0 Å². The molecule has 0 atom stereocenters. The van der Waals surface area contributed by atoms with Crippen LogP contribution in [0.3, 0.4) is 0 Å². The first-order valence-electron chi connectivity index (χ1n) is 6.47. The van der Waals surface area contributed by atoms with Crippen molar-refractivity contribution in [3.63, 3.8) is 0 Å². The third kappa shape index (κ3) is 3.15. The third-order valence-corrected chi connectivity index (χ3v) is 3.50. The molecule has 0 aliphatic heterocycles. The van der Waals surface area contributed by atoms with E-state index in [0.29, 0.717) is 12.5 Å². The number of rotatable bonds is 3. The molecule has 1 aliphatic rings. The van der Waals surface area contributed by atoms with Gasteiger partial charge < -0.3 is 15.5 Å². The van der Waals surface area contributed by atoms with Gasteiger partial charge in [-0.15, -0.1) is 0 Å². The van der Waals surface area contributed by atoms with Gasteiger partial charge in [-0.1, -0.05) is 19.3 Å². The number of phenolic OH excluding ortho intramolecular Hbond substituents is 2. The van der Waals surface area contributed by atoms with Crippen molar-refractivity contribution in [3.05, 3.63) is 23.8 Å². The average molecular weight is 249 g/mol. The van der Waals surface area contributed by atoms with Gasteiger partial charge in [0.1, 0.15) is 11.5 Å². The molecule has 1 amide bonds. The molecule has 0 bridgehead atoms. The standard InChI is InChI=1S/C14H19NO3/c16-11-6-7-12(13(17)8-11)14(18)15-9-10-4-2-1-3-5-10/h6-8,10,16-17H,1-5,9H2,(H,15,18). The van der Waals surface area contributed by atoms with Crippen LogP contribution in [0.4, 0.5) is 0 Å². The van der Waals surface area contributed by atoms with Crippen molar-refractivity contribution in [2.45, 2.75) is 32.1 Å². The van der Waals surface area contributed by atoms with Crippen LogP contribution in [-0.2, 0) is 0 Å². The first-order chi connectivity index (χ1) is 8.66. The molecule has 1 aliphatic carbocycles. The van der Waals surface area contributed by atoms with E-state index in [0.717, 1.165) is 0 Å². The van der Waals surface area contributed by atoms with E-state index in [1.807, 2.05) is 0 Å². The van der Waals surface area contributed by atoms with E-state index < -0.39 is 0 Å². The summed E-state index contributed by atoms with van der Waals surface area (Å²) in [6, 6.07) is 4.01. The molecule has 3 N–H and O–H groups in total. The minimum absolute atomic E-state index is 0.0451. The maximum absolute atomic E-state index is 11.9. The Morgan fingerprint density at radius 2 is 1.94 bits per heavy atom. The monoisotopic (exact) mass is 249 g/mol. The summed E-state index contributed by atoms with van der Waals surface area (Å²) < 4.78 is 0. The van der Waals surface area contributed by atoms with Crippen LogP contribution >= 0.6 is 0 Å². The lowest BCUT2D eigenvalue weighted by Gasteiger charge is -2.21. The minimum atomic E-state index is -0.280. The molecule has 98 valence electrons. The number of benzene rings is 1. The number of aromatic hydroxyl groups is 2. The van der Waals surface area contributed by atoms with Gasteiger partial charge in [-0.2, -0.15) is 0 Å². The fourth-order valence-electron chi connectivity index (χ4n) is 2.44. The molecule has 1 saturated carbocycles. The Balaban J connectivity index is 1.90. The van der Waals surface area contributed by atoms with Crippen LogP contribution in [-0.4, -0.2) is 22.7 Å². The van der Waals surface area contributed by atoms with Crippen molar-refractivity contribution >= 4 is 5.91 Å². The lowest BCUT2D eigenvalue weighted by molar-refractivity contribution is 0.0941. The Morgan fingerprint density at radius 3 is 2.61 bits per heavy atom. The summed E-state index contributed by atoms with van der Waals surface area (Å²) in [5, 5.41) is 21.6. The Bertz CT molecular complexity index is 425. The van der Waals surface area contributed by atoms with E-state index in [2.05, 4.69) is 5.32 Å². The van der Waals surface area contributed by atoms with Gasteiger partial charge in [0.2, 0.25) is 0 Å². The number of hydrogen-bond acceptors (Lipinski definition) is 3. The quantitative estimate of drug-likeness (QED) is 0.770. The second-order valence-electron chi connectivity index (χ2n) is 4.92. The summed E-state index contributed by atoms with van der Waals surface area (Å²) >= 11 is 0. The van der Waals surface area contributed by atoms with Gasteiger partial charge in [0.05, 0.1) is 5.56 Å². The topological polar surface area (TPSA) is 69.6 Å². The highest BCUT2D eigenvalue weighted by Gasteiger charge is 2.16. The Kier molecular flexibility index (Phi) is 4.07. The third-order valence-electron chi connectivity index (χ3n) is 3.50. The zero-order chi connectivity index (χ0) is 13.0. The fraction of sp³-hybridized carbons (Fsp3) is 0.500. The molecule has 0 saturated heterocycles. The summed E-state index contributed by atoms with van der Waals surface area (Å²) in [6.45, 7) is 0.666. The molecule has 2 rings (SSSR count). The van der Waals surface area contributed by atoms with Gasteiger partial charge in [-0.25, -0.2) is 0 Å². The number of carbonyl (C=O) groups excluding carboxylic acids is 1. The second kappa shape index (κ2) is 5.76. The summed E-state index contributed by atoms with van der Waals surface area (Å²) in [6.07, 6.45) is 6.11. The van der Waals surface area contributed by atoms with Crippen LogP contribution in [0.2, 0.25) is 0 Å². The highest BCUT2D eigenvalue weighted by atomic mass is 16.3. The van der Waals surface area contributed by atoms with Crippen molar-refractivity contribution in [1.29, 1.82) is 0 Å². The van der Waals surface area contributed by atoms with Crippen molar-refractivity contribution in [2.75, 3.05) is 6.54 Å². The van der Waals surface area contributed by atoms with E-state index in [1.165, 1.54) is 50.3 Å². The SMILES string of the molecule is O=C(NCC1CCCCC1)c1ccc(O)cc1O. The molecule has 0 heterocycles. The minimum Gasteiger partial charge on any atom is -0.508 e. The lowest BCUT2D eigenvalue weighted by Crippen LogP contribution is -2.30. The molecule has 18 heavy (non-hydrogen) atoms. The largest absolute Gasteiger partial charge is 0.508 e. The first kappa shape index (κ1) is 12.7. The normalized spacial score (nSPS) is 16.4. The predicted octanol–water partition coefficient (Wildman–Crippen LogP) is 2.41. The Hall–Kier alpha value is -1.71. The van der Waals surface area contributed by atoms with E-state index in [9.17, 15) is 9.90 Å². The first-order valence-corrected chi connectivity index (χ1v) is 6.47. The molecule has 1 aromatic carbocycles. The molecule has 1 fully saturated rings. The van der Waals surface area contributed by atoms with Crippen molar-refractivity contribution in [1.82, 2.24) is 5.32 Å². The number of phenols is 2. The molecule has 0 spiro atoms. The molecular formula is C14H19NO3. The van der Waals surface area contributed by atoms with Crippen LogP contribution in [0.5, 0.6) is 11.5 Å². The van der Waals surface area contributed by atoms with Crippen LogP contribution in [0.15, 0.2) is 18.2 Å². The summed E-state index contributed by atoms with van der Waals surface area (Å²) in [5.74, 6) is 0.0486. The summed E-state index contributed by atoms with van der Waals surface area (Å²) in [7, 11) is 0. The lowest BCUT2D eigenvalue weighted by atomic mass is 9.89. The number of carbonyl (C=O) groups is 1. The fourth-order valence-corrected chi connectivity index (χ4v) is 2.44. The van der Waals surface area contributed by atoms with E-state index >= 15 is 0 Å². The Labute approximate surface area is 107 Å². The zero-order valence-corrected chi connectivity index (χ0v) is 10.4.